The molecule has 0 bridgehead atoms. The molecule has 28 heavy (non-hydrogen) atoms. The molecule has 0 spiro atoms. The van der Waals surface area contributed by atoms with E-state index in [0.717, 1.165) is 58.1 Å². The van der Waals surface area contributed by atoms with Crippen LogP contribution in [-0.4, -0.2) is 38.8 Å². The van der Waals surface area contributed by atoms with Gasteiger partial charge in [-0.05, 0) is 37.3 Å². The van der Waals surface area contributed by atoms with Gasteiger partial charge in [-0.15, -0.1) is 24.0 Å². The minimum atomic E-state index is 0. The van der Waals surface area contributed by atoms with Gasteiger partial charge in [0.25, 0.3) is 0 Å². The molecular weight excluding hydrogens is 461 g/mol. The Morgan fingerprint density at radius 1 is 0.964 bits per heavy atom. The summed E-state index contributed by atoms with van der Waals surface area (Å²) >= 11 is 0. The van der Waals surface area contributed by atoms with E-state index >= 15 is 0 Å². The maximum atomic E-state index is 5.63. The van der Waals surface area contributed by atoms with Crippen molar-refractivity contribution in [3.05, 3.63) is 71.8 Å². The number of aliphatic imine (C=N–C) groups is 1. The molecule has 2 aromatic rings. The van der Waals surface area contributed by atoms with Gasteiger partial charge in [0, 0.05) is 31.7 Å². The molecule has 5 heteroatoms. The smallest absolute Gasteiger partial charge is 0.191 e. The van der Waals surface area contributed by atoms with Crippen LogP contribution in [0.5, 0.6) is 0 Å². The molecule has 2 N–H and O–H groups in total. The van der Waals surface area contributed by atoms with Crippen LogP contribution >= 0.6 is 24.0 Å². The van der Waals surface area contributed by atoms with Crippen molar-refractivity contribution in [3.63, 3.8) is 0 Å². The number of rotatable bonds is 7. The van der Waals surface area contributed by atoms with Crippen LogP contribution in [0.3, 0.4) is 0 Å². The number of guanidine groups is 1. The Morgan fingerprint density at radius 3 is 2.25 bits per heavy atom. The third kappa shape index (κ3) is 6.48. The van der Waals surface area contributed by atoms with E-state index in [2.05, 4.69) is 78.2 Å². The topological polar surface area (TPSA) is 45.7 Å². The molecule has 1 fully saturated rings. The molecule has 1 saturated heterocycles. The minimum absolute atomic E-state index is 0. The Hall–Kier alpha value is -1.60. The van der Waals surface area contributed by atoms with E-state index in [1.54, 1.807) is 0 Å². The lowest BCUT2D eigenvalue weighted by molar-refractivity contribution is 0.0531. The summed E-state index contributed by atoms with van der Waals surface area (Å²) in [7, 11) is 0. The van der Waals surface area contributed by atoms with Crippen molar-refractivity contribution in [1.29, 1.82) is 0 Å². The van der Waals surface area contributed by atoms with Crippen LogP contribution in [0.15, 0.2) is 65.7 Å². The molecule has 0 radical (unpaired) electrons. The highest BCUT2D eigenvalue weighted by Gasteiger charge is 2.34. The minimum Gasteiger partial charge on any atom is -0.381 e. The Kier molecular flexibility index (Phi) is 9.78. The molecule has 1 heterocycles. The molecule has 1 aliphatic rings. The van der Waals surface area contributed by atoms with Crippen molar-refractivity contribution >= 4 is 29.9 Å². The van der Waals surface area contributed by atoms with Gasteiger partial charge in [0.05, 0.1) is 6.54 Å². The zero-order valence-electron chi connectivity index (χ0n) is 16.7. The third-order valence-electron chi connectivity index (χ3n) is 5.27. The normalized spacial score (nSPS) is 16.1. The SMILES string of the molecule is CCNC(=NCC1(c2ccccc2)CCOCC1)NCCc1ccccc1.I. The second-order valence-electron chi connectivity index (χ2n) is 7.12. The first kappa shape index (κ1) is 22.7. The van der Waals surface area contributed by atoms with Crippen LogP contribution in [0, 0.1) is 0 Å². The van der Waals surface area contributed by atoms with Crippen molar-refractivity contribution in [2.45, 2.75) is 31.6 Å². The Labute approximate surface area is 186 Å². The fourth-order valence-corrected chi connectivity index (χ4v) is 3.63. The molecule has 0 amide bonds. The molecular formula is C23H32IN3O. The summed E-state index contributed by atoms with van der Waals surface area (Å²) in [5.41, 5.74) is 2.78. The monoisotopic (exact) mass is 493 g/mol. The first-order valence-corrected chi connectivity index (χ1v) is 10.0. The Balaban J connectivity index is 0.00000280. The summed E-state index contributed by atoms with van der Waals surface area (Å²) in [6.07, 6.45) is 3.02. The quantitative estimate of drug-likeness (QED) is 0.346. The zero-order chi connectivity index (χ0) is 18.8. The molecule has 0 aromatic heterocycles. The maximum absolute atomic E-state index is 5.63. The zero-order valence-corrected chi connectivity index (χ0v) is 19.0. The average Bonchev–Trinajstić information content (AvgIpc) is 2.74. The van der Waals surface area contributed by atoms with Gasteiger partial charge in [-0.2, -0.15) is 0 Å². The van der Waals surface area contributed by atoms with E-state index in [9.17, 15) is 0 Å². The molecule has 2 aromatic carbocycles. The number of ether oxygens (including phenoxy) is 1. The fraction of sp³-hybridized carbons (Fsp3) is 0.435. The molecule has 1 aliphatic heterocycles. The van der Waals surface area contributed by atoms with E-state index in [0.29, 0.717) is 0 Å². The molecule has 152 valence electrons. The van der Waals surface area contributed by atoms with Gasteiger partial charge in [-0.25, -0.2) is 0 Å². The lowest BCUT2D eigenvalue weighted by Crippen LogP contribution is -2.41. The average molecular weight is 493 g/mol. The Bertz CT molecular complexity index is 700. The third-order valence-corrected chi connectivity index (χ3v) is 5.27. The molecule has 0 atom stereocenters. The van der Waals surface area contributed by atoms with Gasteiger partial charge in [-0.3, -0.25) is 4.99 Å². The highest BCUT2D eigenvalue weighted by molar-refractivity contribution is 14.0. The van der Waals surface area contributed by atoms with Crippen molar-refractivity contribution in [3.8, 4) is 0 Å². The number of hydrogen-bond acceptors (Lipinski definition) is 2. The van der Waals surface area contributed by atoms with Gasteiger partial charge in [0.2, 0.25) is 0 Å². The second-order valence-corrected chi connectivity index (χ2v) is 7.12. The van der Waals surface area contributed by atoms with Crippen LogP contribution in [0.2, 0.25) is 0 Å². The molecule has 0 aliphatic carbocycles. The van der Waals surface area contributed by atoms with E-state index in [-0.39, 0.29) is 29.4 Å². The summed E-state index contributed by atoms with van der Waals surface area (Å²) in [6, 6.07) is 21.4. The number of hydrogen-bond donors (Lipinski definition) is 2. The standard InChI is InChI=1S/C23H31N3O.HI/c1-2-24-22(25-16-13-20-9-5-3-6-10-20)26-19-23(14-17-27-18-15-23)21-11-7-4-8-12-21;/h3-12H,2,13-19H2,1H3,(H2,24,25,26);1H. The number of nitrogens with one attached hydrogen (secondary N) is 2. The molecule has 0 unspecified atom stereocenters. The first-order valence-electron chi connectivity index (χ1n) is 10.0. The van der Waals surface area contributed by atoms with E-state index in [1.807, 2.05) is 0 Å². The fourth-order valence-electron chi connectivity index (χ4n) is 3.63. The van der Waals surface area contributed by atoms with Gasteiger partial charge in [0.1, 0.15) is 0 Å². The lowest BCUT2D eigenvalue weighted by Gasteiger charge is -2.36. The van der Waals surface area contributed by atoms with Crippen LogP contribution in [0.4, 0.5) is 0 Å². The summed E-state index contributed by atoms with van der Waals surface area (Å²) in [5, 5.41) is 6.87. The highest BCUT2D eigenvalue weighted by Crippen LogP contribution is 2.35. The van der Waals surface area contributed by atoms with E-state index in [1.165, 1.54) is 11.1 Å². The number of nitrogens with zero attached hydrogens (tertiary/aromatic N) is 1. The summed E-state index contributed by atoms with van der Waals surface area (Å²) in [6.45, 7) is 6.23. The summed E-state index contributed by atoms with van der Waals surface area (Å²) < 4.78 is 5.63. The number of benzene rings is 2. The molecule has 0 saturated carbocycles. The molecule has 4 nitrogen and oxygen atoms in total. The van der Waals surface area contributed by atoms with E-state index < -0.39 is 0 Å². The van der Waals surface area contributed by atoms with Crippen LogP contribution < -0.4 is 10.6 Å². The van der Waals surface area contributed by atoms with Crippen molar-refractivity contribution < 1.29 is 4.74 Å². The van der Waals surface area contributed by atoms with Crippen LogP contribution in [-0.2, 0) is 16.6 Å². The van der Waals surface area contributed by atoms with Crippen molar-refractivity contribution in [1.82, 2.24) is 10.6 Å². The Morgan fingerprint density at radius 2 is 1.61 bits per heavy atom. The predicted molar refractivity (Wildman–Crippen MR) is 128 cm³/mol. The van der Waals surface area contributed by atoms with Crippen molar-refractivity contribution in [2.75, 3.05) is 32.8 Å². The van der Waals surface area contributed by atoms with Gasteiger partial charge in [0.15, 0.2) is 5.96 Å². The van der Waals surface area contributed by atoms with E-state index in [4.69, 9.17) is 9.73 Å². The predicted octanol–water partition coefficient (Wildman–Crippen LogP) is 4.15. The summed E-state index contributed by atoms with van der Waals surface area (Å²) in [4.78, 5) is 4.96. The largest absolute Gasteiger partial charge is 0.381 e. The van der Waals surface area contributed by atoms with Gasteiger partial charge >= 0.3 is 0 Å². The molecule has 3 rings (SSSR count). The van der Waals surface area contributed by atoms with Crippen molar-refractivity contribution in [2.24, 2.45) is 4.99 Å². The second kappa shape index (κ2) is 12.1. The van der Waals surface area contributed by atoms with Crippen LogP contribution in [0.1, 0.15) is 30.9 Å². The highest BCUT2D eigenvalue weighted by atomic mass is 127. The van der Waals surface area contributed by atoms with Crippen LogP contribution in [0.25, 0.3) is 0 Å². The summed E-state index contributed by atoms with van der Waals surface area (Å²) in [5.74, 6) is 0.898. The lowest BCUT2D eigenvalue weighted by atomic mass is 9.74. The van der Waals surface area contributed by atoms with Gasteiger partial charge < -0.3 is 15.4 Å². The van der Waals surface area contributed by atoms with Gasteiger partial charge in [-0.1, -0.05) is 60.7 Å². The maximum Gasteiger partial charge on any atom is 0.191 e. The number of halogens is 1. The first-order chi connectivity index (χ1) is 13.3.